The topological polar surface area (TPSA) is 134 Å². The van der Waals surface area contributed by atoms with Crippen LogP contribution in [-0.4, -0.2) is 60.5 Å². The minimum Gasteiger partial charge on any atom is -0.349 e. The predicted molar refractivity (Wildman–Crippen MR) is 57.7 cm³/mol. The molecule has 8 nitrogen and oxygen atoms in total. The third kappa shape index (κ3) is 3.53. The fourth-order valence-corrected chi connectivity index (χ4v) is 4.19. The summed E-state index contributed by atoms with van der Waals surface area (Å²) in [5.41, 5.74) is -2.35. The first-order chi connectivity index (χ1) is 7.69. The van der Waals surface area contributed by atoms with Crippen LogP contribution in [-0.2, 0) is 29.7 Å². The average molecular weight is 306 g/mol. The van der Waals surface area contributed by atoms with Gasteiger partial charge in [-0.15, -0.1) is 0 Å². The van der Waals surface area contributed by atoms with Crippen molar-refractivity contribution in [1.29, 1.82) is 0 Å². The molecule has 2 fully saturated rings. The summed E-state index contributed by atoms with van der Waals surface area (Å²) in [5, 5.41) is 0. The quantitative estimate of drug-likeness (QED) is 0.465. The van der Waals surface area contributed by atoms with Crippen LogP contribution in [0.1, 0.15) is 0 Å². The summed E-state index contributed by atoms with van der Waals surface area (Å²) < 4.78 is 68.9. The van der Waals surface area contributed by atoms with Gasteiger partial charge in [0.25, 0.3) is 20.2 Å². The van der Waals surface area contributed by atoms with Gasteiger partial charge in [0.05, 0.1) is 0 Å². The Kier molecular flexibility index (Phi) is 3.44. The minimum absolute atomic E-state index is 0.308. The highest BCUT2D eigenvalue weighted by molar-refractivity contribution is 7.99. The third-order valence-corrected chi connectivity index (χ3v) is 5.36. The molecule has 2 heterocycles. The van der Waals surface area contributed by atoms with E-state index < -0.39 is 43.3 Å². The van der Waals surface area contributed by atoms with Crippen molar-refractivity contribution in [3.05, 3.63) is 0 Å². The van der Waals surface area contributed by atoms with Gasteiger partial charge in [-0.05, 0) is 0 Å². The van der Waals surface area contributed by atoms with E-state index in [1.54, 1.807) is 0 Å². The van der Waals surface area contributed by atoms with Gasteiger partial charge in [0, 0.05) is 11.5 Å². The lowest BCUT2D eigenvalue weighted by Gasteiger charge is -1.94. The highest BCUT2D eigenvalue weighted by Crippen LogP contribution is 2.33. The smallest absolute Gasteiger partial charge is 0.295 e. The van der Waals surface area contributed by atoms with Crippen LogP contribution in [0.25, 0.3) is 0 Å². The highest BCUT2D eigenvalue weighted by atomic mass is 32.2. The van der Waals surface area contributed by atoms with Crippen molar-refractivity contribution >= 4 is 32.0 Å². The molecule has 2 aliphatic heterocycles. The summed E-state index contributed by atoms with van der Waals surface area (Å²) in [4.78, 5) is 0. The molecular formula is C6H10O8S3. The van der Waals surface area contributed by atoms with Crippen molar-refractivity contribution in [2.75, 3.05) is 11.5 Å². The van der Waals surface area contributed by atoms with Crippen LogP contribution >= 0.6 is 11.8 Å². The maximum Gasteiger partial charge on any atom is 0.295 e. The molecule has 0 saturated carbocycles. The van der Waals surface area contributed by atoms with Gasteiger partial charge in [0.15, 0.2) is 0 Å². The van der Waals surface area contributed by atoms with E-state index in [0.29, 0.717) is 11.5 Å². The first-order valence-electron chi connectivity index (χ1n) is 4.51. The number of ether oxygens (including phenoxy) is 2. The summed E-state index contributed by atoms with van der Waals surface area (Å²) in [6.07, 6.45) is -1.14. The molecule has 0 radical (unpaired) electrons. The summed E-state index contributed by atoms with van der Waals surface area (Å²) in [6.45, 7) is 0. The molecule has 2 N–H and O–H groups in total. The molecule has 0 amide bonds. The Balaban J connectivity index is 1.64. The van der Waals surface area contributed by atoms with E-state index in [1.807, 2.05) is 0 Å². The van der Waals surface area contributed by atoms with E-state index in [2.05, 4.69) is 0 Å². The number of hydrogen-bond acceptors (Lipinski definition) is 7. The first-order valence-corrected chi connectivity index (χ1v) is 8.67. The van der Waals surface area contributed by atoms with E-state index in [4.69, 9.17) is 18.6 Å². The molecule has 0 aromatic rings. The Morgan fingerprint density at radius 2 is 1.24 bits per heavy atom. The maximum atomic E-state index is 10.6. The Morgan fingerprint density at radius 3 is 1.47 bits per heavy atom. The van der Waals surface area contributed by atoms with Crippen molar-refractivity contribution in [1.82, 2.24) is 0 Å². The van der Waals surface area contributed by atoms with Gasteiger partial charge >= 0.3 is 0 Å². The molecule has 0 bridgehead atoms. The fraction of sp³-hybridized carbons (Fsp3) is 1.00. The van der Waals surface area contributed by atoms with Gasteiger partial charge in [-0.1, -0.05) is 0 Å². The monoisotopic (exact) mass is 306 g/mol. The molecular weight excluding hydrogens is 296 g/mol. The minimum atomic E-state index is -4.15. The van der Waals surface area contributed by atoms with Crippen molar-refractivity contribution < 1.29 is 35.4 Å². The van der Waals surface area contributed by atoms with Crippen LogP contribution in [0.3, 0.4) is 0 Å². The summed E-state index contributed by atoms with van der Waals surface area (Å²) in [7, 11) is -8.30. The lowest BCUT2D eigenvalue weighted by molar-refractivity contribution is 0.388. The second-order valence-corrected chi connectivity index (χ2v) is 7.72. The largest absolute Gasteiger partial charge is 0.349 e. The normalized spacial score (nSPS) is 36.8. The van der Waals surface area contributed by atoms with Gasteiger partial charge in [-0.25, -0.2) is 0 Å². The van der Waals surface area contributed by atoms with E-state index in [-0.39, 0.29) is 0 Å². The number of hydrogen-bond donors (Lipinski definition) is 2. The number of thioether (sulfide) groups is 1. The van der Waals surface area contributed by atoms with Gasteiger partial charge in [-0.2, -0.15) is 28.6 Å². The number of epoxide rings is 2. The maximum absolute atomic E-state index is 10.6. The van der Waals surface area contributed by atoms with E-state index in [9.17, 15) is 16.8 Å². The molecule has 0 aliphatic carbocycles. The Hall–Kier alpha value is 0.0900. The molecule has 11 heteroatoms. The predicted octanol–water partition coefficient (Wildman–Crippen LogP) is -1.05. The zero-order chi connectivity index (χ0) is 12.8. The Morgan fingerprint density at radius 1 is 0.882 bits per heavy atom. The van der Waals surface area contributed by atoms with Gasteiger partial charge in [0.2, 0.25) is 10.9 Å². The van der Waals surface area contributed by atoms with E-state index >= 15 is 0 Å². The van der Waals surface area contributed by atoms with Gasteiger partial charge in [0.1, 0.15) is 12.2 Å². The molecule has 0 aromatic carbocycles. The Bertz CT molecular complexity index is 449. The lowest BCUT2D eigenvalue weighted by Crippen LogP contribution is -2.12. The molecule has 100 valence electrons. The standard InChI is InChI=1S/C6H10O8S3/c7-16(8,9)5-3(13-5)1-15-2-4-6(14-4)17(10,11)12/h3-6H,1-2H2,(H,7,8,9)(H,10,11,12). The van der Waals surface area contributed by atoms with Crippen LogP contribution in [0.15, 0.2) is 0 Å². The summed E-state index contributed by atoms with van der Waals surface area (Å²) in [5.74, 6) is 0.616. The molecule has 4 unspecified atom stereocenters. The highest BCUT2D eigenvalue weighted by Gasteiger charge is 2.51. The zero-order valence-electron chi connectivity index (χ0n) is 8.29. The molecule has 0 spiro atoms. The number of rotatable bonds is 6. The van der Waals surface area contributed by atoms with Crippen LogP contribution in [0.4, 0.5) is 0 Å². The fourth-order valence-electron chi connectivity index (χ4n) is 1.31. The molecule has 2 saturated heterocycles. The van der Waals surface area contributed by atoms with E-state index in [1.165, 1.54) is 11.8 Å². The van der Waals surface area contributed by atoms with Crippen LogP contribution in [0, 0.1) is 0 Å². The van der Waals surface area contributed by atoms with Crippen molar-refractivity contribution in [2.45, 2.75) is 23.1 Å². The molecule has 2 rings (SSSR count). The summed E-state index contributed by atoms with van der Waals surface area (Å²) in [6, 6.07) is 0. The molecule has 0 aromatic heterocycles. The van der Waals surface area contributed by atoms with Crippen molar-refractivity contribution in [2.24, 2.45) is 0 Å². The van der Waals surface area contributed by atoms with Crippen LogP contribution < -0.4 is 0 Å². The third-order valence-electron chi connectivity index (χ3n) is 2.22. The SMILES string of the molecule is O=S(=O)(O)C1OC1CSCC1OC1S(=O)(=O)O. The van der Waals surface area contributed by atoms with Crippen molar-refractivity contribution in [3.63, 3.8) is 0 Å². The zero-order valence-corrected chi connectivity index (χ0v) is 10.7. The lowest BCUT2D eigenvalue weighted by atomic mass is 10.6. The van der Waals surface area contributed by atoms with Crippen LogP contribution in [0.2, 0.25) is 0 Å². The molecule has 17 heavy (non-hydrogen) atoms. The van der Waals surface area contributed by atoms with E-state index in [0.717, 1.165) is 0 Å². The second-order valence-electron chi connectivity index (χ2n) is 3.65. The van der Waals surface area contributed by atoms with Crippen LogP contribution in [0.5, 0.6) is 0 Å². The van der Waals surface area contributed by atoms with Crippen molar-refractivity contribution in [3.8, 4) is 0 Å². The summed E-state index contributed by atoms with van der Waals surface area (Å²) >= 11 is 1.23. The Labute approximate surface area is 102 Å². The van der Waals surface area contributed by atoms with Gasteiger partial charge in [-0.3, -0.25) is 9.11 Å². The molecule has 4 atom stereocenters. The van der Waals surface area contributed by atoms with Gasteiger partial charge < -0.3 is 9.47 Å². The first kappa shape index (κ1) is 13.5. The second kappa shape index (κ2) is 4.33. The molecule has 2 aliphatic rings. The average Bonchev–Trinajstić information content (AvgIpc) is 2.90.